The predicted octanol–water partition coefficient (Wildman–Crippen LogP) is 4.57. The first-order valence-electron chi connectivity index (χ1n) is 11.7. The zero-order valence-electron chi connectivity index (χ0n) is 20.0. The fraction of sp³-hybridized carbons (Fsp3) is 0.308. The third-order valence-corrected chi connectivity index (χ3v) is 6.75. The molecule has 0 radical (unpaired) electrons. The van der Waals surface area contributed by atoms with E-state index in [1.807, 2.05) is 24.3 Å². The molecule has 1 atom stereocenters. The lowest BCUT2D eigenvalue weighted by Gasteiger charge is -2.28. The molecule has 10 heteroatoms. The maximum Gasteiger partial charge on any atom is 0.409 e. The SMILES string of the molecule is COC(=O)N1CCc2ccc3c(nc(-c4ccc(CC(=O)O)cc4)n3[C@@H](C)Cn3cc(Cl)cn3)c2C1. The van der Waals surface area contributed by atoms with Crippen LogP contribution in [-0.2, 0) is 35.5 Å². The van der Waals surface area contributed by atoms with Crippen LogP contribution in [0.1, 0.15) is 29.7 Å². The van der Waals surface area contributed by atoms with Crippen molar-refractivity contribution >= 4 is 34.7 Å². The van der Waals surface area contributed by atoms with Crippen molar-refractivity contribution in [2.45, 2.75) is 38.9 Å². The summed E-state index contributed by atoms with van der Waals surface area (Å²) in [5, 5.41) is 14.0. The van der Waals surface area contributed by atoms with E-state index in [1.54, 1.807) is 22.0 Å². The van der Waals surface area contributed by atoms with E-state index in [4.69, 9.17) is 26.4 Å². The van der Waals surface area contributed by atoms with E-state index in [9.17, 15) is 9.59 Å². The lowest BCUT2D eigenvalue weighted by atomic mass is 9.98. The quantitative estimate of drug-likeness (QED) is 0.410. The number of carbonyl (C=O) groups excluding carboxylic acids is 1. The molecule has 0 spiro atoms. The van der Waals surface area contributed by atoms with E-state index < -0.39 is 5.97 Å². The first-order chi connectivity index (χ1) is 17.3. The Morgan fingerprint density at radius 3 is 2.64 bits per heavy atom. The molecular weight excluding hydrogens is 482 g/mol. The zero-order chi connectivity index (χ0) is 25.4. The van der Waals surface area contributed by atoms with Crippen LogP contribution in [0, 0.1) is 0 Å². The number of imidazole rings is 1. The first-order valence-corrected chi connectivity index (χ1v) is 12.1. The molecule has 2 aromatic carbocycles. The second-order valence-electron chi connectivity index (χ2n) is 9.02. The van der Waals surface area contributed by atoms with Gasteiger partial charge in [0.1, 0.15) is 5.82 Å². The van der Waals surface area contributed by atoms with E-state index in [2.05, 4.69) is 28.7 Å². The van der Waals surface area contributed by atoms with Gasteiger partial charge in [0.05, 0.1) is 54.9 Å². The molecule has 1 aliphatic rings. The minimum absolute atomic E-state index is 0.0296. The maximum atomic E-state index is 12.2. The van der Waals surface area contributed by atoms with Crippen LogP contribution in [0.5, 0.6) is 0 Å². The van der Waals surface area contributed by atoms with Crippen molar-refractivity contribution in [1.82, 2.24) is 24.2 Å². The molecule has 0 saturated heterocycles. The lowest BCUT2D eigenvalue weighted by Crippen LogP contribution is -2.35. The molecule has 0 bridgehead atoms. The number of aromatic nitrogens is 4. The molecule has 0 fully saturated rings. The highest BCUT2D eigenvalue weighted by Crippen LogP contribution is 2.34. The average molecular weight is 508 g/mol. The molecule has 2 aromatic heterocycles. The predicted molar refractivity (Wildman–Crippen MR) is 135 cm³/mol. The van der Waals surface area contributed by atoms with Crippen LogP contribution in [0.2, 0.25) is 5.02 Å². The van der Waals surface area contributed by atoms with Gasteiger partial charge in [-0.15, -0.1) is 0 Å². The Morgan fingerprint density at radius 1 is 1.19 bits per heavy atom. The molecule has 5 rings (SSSR count). The number of rotatable bonds is 6. The smallest absolute Gasteiger partial charge is 0.409 e. The summed E-state index contributed by atoms with van der Waals surface area (Å²) < 4.78 is 8.94. The largest absolute Gasteiger partial charge is 0.481 e. The van der Waals surface area contributed by atoms with Crippen LogP contribution >= 0.6 is 11.6 Å². The number of halogens is 1. The summed E-state index contributed by atoms with van der Waals surface area (Å²) in [7, 11) is 1.39. The van der Waals surface area contributed by atoms with Gasteiger partial charge in [0.2, 0.25) is 0 Å². The number of nitrogens with zero attached hydrogens (tertiary/aromatic N) is 5. The number of benzene rings is 2. The zero-order valence-corrected chi connectivity index (χ0v) is 20.8. The monoisotopic (exact) mass is 507 g/mol. The number of carbonyl (C=O) groups is 2. The Morgan fingerprint density at radius 2 is 1.97 bits per heavy atom. The molecule has 9 nitrogen and oxygen atoms in total. The van der Waals surface area contributed by atoms with Crippen molar-refractivity contribution < 1.29 is 19.4 Å². The van der Waals surface area contributed by atoms with E-state index in [1.165, 1.54) is 12.7 Å². The Kier molecular flexibility index (Phi) is 6.40. The standard InChI is InChI=1S/C26H26ClN5O4/c1-16(13-31-14-20(27)12-28-31)32-22-8-7-18-9-10-30(26(35)36-2)15-21(18)24(22)29-25(32)19-5-3-17(4-6-19)11-23(33)34/h3-8,12,14,16H,9-11,13,15H2,1-2H3,(H,33,34)/t16-/m0/s1. The topological polar surface area (TPSA) is 102 Å². The third-order valence-electron chi connectivity index (χ3n) is 6.56. The van der Waals surface area contributed by atoms with Gasteiger partial charge < -0.3 is 19.3 Å². The summed E-state index contributed by atoms with van der Waals surface area (Å²) in [6.07, 6.45) is 3.74. The number of amides is 1. The Labute approximate surface area is 212 Å². The first kappa shape index (κ1) is 23.9. The molecular formula is C26H26ClN5O4. The summed E-state index contributed by atoms with van der Waals surface area (Å²) in [6, 6.07) is 11.6. The molecule has 3 heterocycles. The molecule has 0 unspecified atom stereocenters. The summed E-state index contributed by atoms with van der Waals surface area (Å²) in [5.41, 5.74) is 5.58. The van der Waals surface area contributed by atoms with Crippen LogP contribution in [0.3, 0.4) is 0 Å². The number of methoxy groups -OCH3 is 1. The summed E-state index contributed by atoms with van der Waals surface area (Å²) in [4.78, 5) is 30.1. The molecule has 0 aliphatic carbocycles. The van der Waals surface area contributed by atoms with Gasteiger partial charge in [-0.3, -0.25) is 9.48 Å². The summed E-state index contributed by atoms with van der Waals surface area (Å²) >= 11 is 6.09. The van der Waals surface area contributed by atoms with E-state index >= 15 is 0 Å². The second kappa shape index (κ2) is 9.66. The number of hydrogen-bond acceptors (Lipinski definition) is 5. The number of fused-ring (bicyclic) bond motifs is 3. The second-order valence-corrected chi connectivity index (χ2v) is 9.45. The highest BCUT2D eigenvalue weighted by atomic mass is 35.5. The highest BCUT2D eigenvalue weighted by Gasteiger charge is 2.27. The third kappa shape index (κ3) is 4.54. The Balaban J connectivity index is 1.62. The summed E-state index contributed by atoms with van der Waals surface area (Å²) in [5.74, 6) is -0.107. The molecule has 186 valence electrons. The van der Waals surface area contributed by atoms with Gasteiger partial charge in [0.25, 0.3) is 0 Å². The molecule has 1 amide bonds. The van der Waals surface area contributed by atoms with Gasteiger partial charge >= 0.3 is 12.1 Å². The number of carboxylic acid groups (broad SMARTS) is 1. The van der Waals surface area contributed by atoms with Gasteiger partial charge in [-0.1, -0.05) is 41.9 Å². The molecule has 4 aromatic rings. The molecule has 1 aliphatic heterocycles. The van der Waals surface area contributed by atoms with E-state index in [0.29, 0.717) is 24.7 Å². The minimum Gasteiger partial charge on any atom is -0.481 e. The van der Waals surface area contributed by atoms with Gasteiger partial charge in [0.15, 0.2) is 0 Å². The van der Waals surface area contributed by atoms with Crippen LogP contribution in [0.4, 0.5) is 4.79 Å². The maximum absolute atomic E-state index is 12.2. The number of hydrogen-bond donors (Lipinski definition) is 1. The van der Waals surface area contributed by atoms with Crippen molar-refractivity contribution in [1.29, 1.82) is 0 Å². The van der Waals surface area contributed by atoms with Crippen molar-refractivity contribution in [3.05, 3.63) is 70.5 Å². The fourth-order valence-corrected chi connectivity index (χ4v) is 5.02. The molecule has 36 heavy (non-hydrogen) atoms. The molecule has 1 N–H and O–H groups in total. The van der Waals surface area contributed by atoms with Gasteiger partial charge in [-0.05, 0) is 30.5 Å². The lowest BCUT2D eigenvalue weighted by molar-refractivity contribution is -0.136. The van der Waals surface area contributed by atoms with Crippen LogP contribution in [0.25, 0.3) is 22.4 Å². The average Bonchev–Trinajstić information content (AvgIpc) is 3.46. The van der Waals surface area contributed by atoms with Crippen LogP contribution < -0.4 is 0 Å². The van der Waals surface area contributed by atoms with Crippen molar-refractivity contribution in [3.8, 4) is 11.4 Å². The summed E-state index contributed by atoms with van der Waals surface area (Å²) in [6.45, 7) is 3.70. The van der Waals surface area contributed by atoms with Crippen LogP contribution in [0.15, 0.2) is 48.8 Å². The van der Waals surface area contributed by atoms with Gasteiger partial charge in [0, 0.05) is 23.9 Å². The van der Waals surface area contributed by atoms with Crippen molar-refractivity contribution in [2.24, 2.45) is 0 Å². The number of ether oxygens (including phenoxy) is 1. The van der Waals surface area contributed by atoms with Crippen molar-refractivity contribution in [2.75, 3.05) is 13.7 Å². The van der Waals surface area contributed by atoms with Crippen LogP contribution in [-0.4, -0.2) is 55.1 Å². The van der Waals surface area contributed by atoms with E-state index in [-0.39, 0.29) is 18.6 Å². The normalized spacial score (nSPS) is 14.0. The molecule has 0 saturated carbocycles. The highest BCUT2D eigenvalue weighted by molar-refractivity contribution is 6.30. The fourth-order valence-electron chi connectivity index (χ4n) is 4.87. The minimum atomic E-state index is -0.872. The Bertz CT molecular complexity index is 1440. The van der Waals surface area contributed by atoms with Gasteiger partial charge in [-0.25, -0.2) is 9.78 Å². The number of carboxylic acids is 1. The van der Waals surface area contributed by atoms with Gasteiger partial charge in [-0.2, -0.15) is 5.10 Å². The van der Waals surface area contributed by atoms with Crippen molar-refractivity contribution in [3.63, 3.8) is 0 Å². The van der Waals surface area contributed by atoms with E-state index in [0.717, 1.165) is 40.0 Å². The number of aliphatic carboxylic acids is 1. The Hall–Kier alpha value is -3.85.